The first-order chi connectivity index (χ1) is 11.7. The number of halogens is 2. The van der Waals surface area contributed by atoms with Crippen molar-refractivity contribution in [3.05, 3.63) is 45.3 Å². The summed E-state index contributed by atoms with van der Waals surface area (Å²) in [7, 11) is 0. The Bertz CT molecular complexity index is 670. The second-order valence-corrected chi connectivity index (χ2v) is 26.2. The molecule has 0 radical (unpaired) electrons. The molecule has 0 aromatic heterocycles. The van der Waals surface area contributed by atoms with Gasteiger partial charge in [0, 0.05) is 0 Å². The molecule has 26 heavy (non-hydrogen) atoms. The van der Waals surface area contributed by atoms with Crippen LogP contribution in [0.25, 0.3) is 0 Å². The second kappa shape index (κ2) is 9.91. The van der Waals surface area contributed by atoms with Crippen LogP contribution in [0.3, 0.4) is 0 Å². The fourth-order valence-electron chi connectivity index (χ4n) is 6.23. The minimum absolute atomic E-state index is 0. The van der Waals surface area contributed by atoms with E-state index in [0.717, 1.165) is 27.3 Å². The quantitative estimate of drug-likeness (QED) is 0.366. The van der Waals surface area contributed by atoms with E-state index < -0.39 is 20.4 Å². The third-order valence-corrected chi connectivity index (χ3v) is 26.4. The van der Waals surface area contributed by atoms with Gasteiger partial charge in [-0.05, 0) is 0 Å². The fourth-order valence-corrected chi connectivity index (χ4v) is 28.0. The normalized spacial score (nSPS) is 34.0. The molecule has 0 nitrogen and oxygen atoms in total. The summed E-state index contributed by atoms with van der Waals surface area (Å²) >= 11 is -1.56. The Hall–Kier alpha value is 0.640. The summed E-state index contributed by atoms with van der Waals surface area (Å²) in [6.07, 6.45) is 23.6. The third-order valence-electron chi connectivity index (χ3n) is 7.07. The van der Waals surface area contributed by atoms with E-state index >= 15 is 0 Å². The molecule has 4 aliphatic rings. The zero-order valence-electron chi connectivity index (χ0n) is 16.4. The van der Waals surface area contributed by atoms with Crippen molar-refractivity contribution in [1.82, 2.24) is 0 Å². The van der Waals surface area contributed by atoms with Gasteiger partial charge in [0.25, 0.3) is 0 Å². The topological polar surface area (TPSA) is 0 Å². The first-order valence-corrected chi connectivity index (χ1v) is 19.0. The van der Waals surface area contributed by atoms with Crippen molar-refractivity contribution in [2.45, 2.75) is 62.2 Å². The van der Waals surface area contributed by atoms with E-state index in [1.165, 1.54) is 32.1 Å². The van der Waals surface area contributed by atoms with Crippen molar-refractivity contribution in [3.8, 4) is 0 Å². The van der Waals surface area contributed by atoms with Gasteiger partial charge in [-0.25, -0.2) is 0 Å². The molecule has 0 saturated heterocycles. The fraction of sp³-hybridized carbons (Fsp3) is 0.636. The summed E-state index contributed by atoms with van der Waals surface area (Å²) in [5, 5.41) is 0. The minimum Gasteiger partial charge on any atom is -0.147 e. The van der Waals surface area contributed by atoms with E-state index in [0.29, 0.717) is 0 Å². The Balaban J connectivity index is 0.00000121. The Labute approximate surface area is 180 Å². The standard InChI is InChI=1S/C13H17.C7H9.C2H6Si.2ClH.Zr/c1-3-7-12-10(5-1)9-11-6-2-4-8-13(11)12;1-2-7-5-3-4-6-7;1-3-2;;;/h1,3,5,7,9-13H,2,4,6,8H2;3,5H,2,4H2,1H3;1-2H3;2*1H;. The molecule has 0 heterocycles. The molecule has 0 aromatic carbocycles. The molecule has 0 N–H and O–H groups in total. The van der Waals surface area contributed by atoms with Crippen LogP contribution in [0.5, 0.6) is 0 Å². The molecule has 0 aromatic rings. The minimum atomic E-state index is -1.56. The second-order valence-electron chi connectivity index (χ2n) is 8.44. The van der Waals surface area contributed by atoms with Gasteiger partial charge in [-0.2, -0.15) is 0 Å². The van der Waals surface area contributed by atoms with E-state index in [9.17, 15) is 0 Å². The monoisotopic (exact) mass is 486 g/mol. The van der Waals surface area contributed by atoms with Gasteiger partial charge < -0.3 is 0 Å². The summed E-state index contributed by atoms with van der Waals surface area (Å²) in [6.45, 7) is 7.73. The first-order valence-electron chi connectivity index (χ1n) is 10.1. The van der Waals surface area contributed by atoms with Crippen LogP contribution >= 0.6 is 24.8 Å². The molecule has 0 amide bonds. The van der Waals surface area contributed by atoms with Crippen LogP contribution in [0, 0.1) is 23.7 Å². The van der Waals surface area contributed by atoms with E-state index in [2.05, 4.69) is 56.5 Å². The third kappa shape index (κ3) is 4.00. The number of hydrogen-bond acceptors (Lipinski definition) is 0. The van der Waals surface area contributed by atoms with E-state index in [1.54, 1.807) is 12.0 Å². The maximum atomic E-state index is 2.67. The molecule has 2 fully saturated rings. The van der Waals surface area contributed by atoms with Crippen LogP contribution in [0.2, 0.25) is 16.7 Å². The van der Waals surface area contributed by atoms with Gasteiger partial charge in [-0.1, -0.05) is 0 Å². The molecular weight excluding hydrogens is 454 g/mol. The predicted octanol–water partition coefficient (Wildman–Crippen LogP) is 7.29. The summed E-state index contributed by atoms with van der Waals surface area (Å²) < 4.78 is 3.15. The maximum absolute atomic E-state index is 2.67. The zero-order valence-corrected chi connectivity index (χ0v) is 21.5. The smallest absolute Gasteiger partial charge is 0.147 e. The van der Waals surface area contributed by atoms with E-state index in [1.807, 2.05) is 3.28 Å². The summed E-state index contributed by atoms with van der Waals surface area (Å²) in [5.41, 5.74) is 1.63. The van der Waals surface area contributed by atoms with Crippen LogP contribution in [0.4, 0.5) is 0 Å². The van der Waals surface area contributed by atoms with E-state index in [-0.39, 0.29) is 30.2 Å². The first kappa shape index (κ1) is 22.9. The van der Waals surface area contributed by atoms with Crippen LogP contribution < -0.4 is 0 Å². The largest absolute Gasteiger partial charge is 0.147 e. The van der Waals surface area contributed by atoms with Gasteiger partial charge in [0.1, 0.15) is 0 Å². The molecule has 4 aliphatic carbocycles. The average Bonchev–Trinajstić information content (AvgIpc) is 3.19. The number of hydrogen-bond donors (Lipinski definition) is 0. The van der Waals surface area contributed by atoms with Gasteiger partial charge in [-0.3, -0.25) is 0 Å². The Morgan fingerprint density at radius 2 is 1.65 bits per heavy atom. The van der Waals surface area contributed by atoms with Crippen LogP contribution in [-0.4, -0.2) is 5.43 Å². The Kier molecular flexibility index (Phi) is 8.73. The number of allylic oxidation sites excluding steroid dienone is 8. The Morgan fingerprint density at radius 1 is 1.00 bits per heavy atom. The zero-order chi connectivity index (χ0) is 16.7. The predicted molar refractivity (Wildman–Crippen MR) is 118 cm³/mol. The van der Waals surface area contributed by atoms with Gasteiger partial charge in [-0.15, -0.1) is 24.8 Å². The van der Waals surface area contributed by atoms with Crippen LogP contribution in [-0.2, 0) is 20.4 Å². The summed E-state index contributed by atoms with van der Waals surface area (Å²) in [5.74, 6) is 3.89. The maximum Gasteiger partial charge on any atom is -0.147 e. The van der Waals surface area contributed by atoms with E-state index in [4.69, 9.17) is 0 Å². The van der Waals surface area contributed by atoms with Crippen molar-refractivity contribution in [2.75, 3.05) is 0 Å². The van der Waals surface area contributed by atoms with Crippen LogP contribution in [0.1, 0.15) is 45.4 Å². The molecule has 144 valence electrons. The Morgan fingerprint density at radius 3 is 2.31 bits per heavy atom. The number of rotatable bonds is 3. The molecule has 0 aliphatic heterocycles. The molecule has 5 unspecified atom stereocenters. The molecule has 2 saturated carbocycles. The van der Waals surface area contributed by atoms with Crippen molar-refractivity contribution >= 4 is 30.2 Å². The summed E-state index contributed by atoms with van der Waals surface area (Å²) in [4.78, 5) is 0. The van der Waals surface area contributed by atoms with Crippen molar-refractivity contribution in [2.24, 2.45) is 23.7 Å². The average molecular weight is 489 g/mol. The molecule has 4 rings (SSSR count). The molecule has 4 heteroatoms. The van der Waals surface area contributed by atoms with Crippen molar-refractivity contribution in [3.63, 3.8) is 0 Å². The number of fused-ring (bicyclic) bond motifs is 3. The molecule has 5 atom stereocenters. The molecule has 0 bridgehead atoms. The van der Waals surface area contributed by atoms with Gasteiger partial charge >= 0.3 is 157 Å². The van der Waals surface area contributed by atoms with Gasteiger partial charge in [0.05, 0.1) is 0 Å². The van der Waals surface area contributed by atoms with Crippen molar-refractivity contribution in [1.29, 1.82) is 0 Å². The SMILES string of the molecule is CCC1=[C]([Zr]([CH]2C3C=CC=CC3C3CCCCC32)=[Si](C)C)CC=C1.Cl.Cl. The van der Waals surface area contributed by atoms with Gasteiger partial charge in [0.2, 0.25) is 0 Å². The molecular formula is C22H34Cl2SiZr. The molecule has 0 spiro atoms. The van der Waals surface area contributed by atoms with Crippen LogP contribution in [0.15, 0.2) is 45.3 Å². The van der Waals surface area contributed by atoms with Crippen molar-refractivity contribution < 1.29 is 20.4 Å². The van der Waals surface area contributed by atoms with Gasteiger partial charge in [0.15, 0.2) is 0 Å². The summed E-state index contributed by atoms with van der Waals surface area (Å²) in [6, 6.07) is 0.